The third kappa shape index (κ3) is 5.12. The van der Waals surface area contributed by atoms with Crippen LogP contribution in [0.4, 0.5) is 8.78 Å². The second kappa shape index (κ2) is 10.7. The summed E-state index contributed by atoms with van der Waals surface area (Å²) in [6, 6.07) is 16.6. The highest BCUT2D eigenvalue weighted by molar-refractivity contribution is 6.30. The Labute approximate surface area is 235 Å². The molecule has 1 heterocycles. The summed E-state index contributed by atoms with van der Waals surface area (Å²) >= 11 is 6.14. The fraction of sp³-hybridized carbons (Fsp3) is 0.355. The third-order valence-corrected chi connectivity index (χ3v) is 8.08. The van der Waals surface area contributed by atoms with Gasteiger partial charge in [-0.05, 0) is 67.4 Å². The number of esters is 1. The van der Waals surface area contributed by atoms with Crippen LogP contribution < -0.4 is 9.47 Å². The number of methoxy groups -OCH3 is 1. The second-order valence-electron chi connectivity index (χ2n) is 10.6. The molecule has 1 atom stereocenters. The van der Waals surface area contributed by atoms with Crippen LogP contribution >= 0.6 is 11.6 Å². The number of aromatic nitrogens is 2. The van der Waals surface area contributed by atoms with Crippen molar-refractivity contribution in [2.45, 2.75) is 56.7 Å². The van der Waals surface area contributed by atoms with Gasteiger partial charge in [0.1, 0.15) is 17.6 Å². The summed E-state index contributed by atoms with van der Waals surface area (Å²) in [5, 5.41) is 5.75. The van der Waals surface area contributed by atoms with Gasteiger partial charge in [0.2, 0.25) is 5.60 Å². The normalized spacial score (nSPS) is 17.4. The molecule has 0 bridgehead atoms. The van der Waals surface area contributed by atoms with Gasteiger partial charge in [-0.25, -0.2) is 18.3 Å². The molecule has 2 aliphatic carbocycles. The van der Waals surface area contributed by atoms with Gasteiger partial charge in [-0.15, -0.1) is 0 Å². The molecule has 0 saturated heterocycles. The molecule has 0 amide bonds. The molecule has 1 unspecified atom stereocenters. The predicted molar refractivity (Wildman–Crippen MR) is 147 cm³/mol. The van der Waals surface area contributed by atoms with E-state index in [9.17, 15) is 13.6 Å². The van der Waals surface area contributed by atoms with Crippen LogP contribution in [-0.4, -0.2) is 28.5 Å². The Bertz CT molecular complexity index is 1530. The lowest BCUT2D eigenvalue weighted by Crippen LogP contribution is -2.30. The van der Waals surface area contributed by atoms with Gasteiger partial charge in [0.15, 0.2) is 11.6 Å². The average molecular weight is 567 g/mol. The lowest BCUT2D eigenvalue weighted by atomic mass is 9.83. The minimum Gasteiger partial charge on any atom is -0.484 e. The van der Waals surface area contributed by atoms with Crippen molar-refractivity contribution in [1.82, 2.24) is 9.78 Å². The molecule has 0 radical (unpaired) electrons. The highest BCUT2D eigenvalue weighted by Gasteiger charge is 2.54. The van der Waals surface area contributed by atoms with E-state index >= 15 is 0 Å². The summed E-state index contributed by atoms with van der Waals surface area (Å²) in [5.41, 5.74) is 0.799. The molecule has 6 rings (SSSR count). The van der Waals surface area contributed by atoms with Crippen LogP contribution in [-0.2, 0) is 9.53 Å². The van der Waals surface area contributed by atoms with E-state index in [2.05, 4.69) is 5.10 Å². The number of halogens is 3. The van der Waals surface area contributed by atoms with E-state index in [1.807, 2.05) is 12.1 Å². The van der Waals surface area contributed by atoms with Crippen LogP contribution in [0.5, 0.6) is 11.5 Å². The zero-order valence-corrected chi connectivity index (χ0v) is 22.8. The van der Waals surface area contributed by atoms with Crippen LogP contribution in [0.3, 0.4) is 0 Å². The van der Waals surface area contributed by atoms with Gasteiger partial charge in [0, 0.05) is 35.2 Å². The molecule has 1 aromatic heterocycles. The van der Waals surface area contributed by atoms with E-state index in [1.54, 1.807) is 41.1 Å². The molecule has 2 aliphatic rings. The molecule has 9 heteroatoms. The van der Waals surface area contributed by atoms with Gasteiger partial charge in [-0.3, -0.25) is 0 Å². The first kappa shape index (κ1) is 26.6. The molecule has 208 valence electrons. The Morgan fingerprint density at radius 2 is 1.62 bits per heavy atom. The Balaban J connectivity index is 1.40. The number of fused-ring (bicyclic) bond motifs is 1. The maximum Gasteiger partial charge on any atom is 0.350 e. The molecule has 2 saturated carbocycles. The number of rotatable bonds is 8. The van der Waals surface area contributed by atoms with Crippen molar-refractivity contribution in [3.63, 3.8) is 0 Å². The van der Waals surface area contributed by atoms with Crippen LogP contribution in [0.1, 0.15) is 56.7 Å². The van der Waals surface area contributed by atoms with Crippen LogP contribution in [0.2, 0.25) is 5.02 Å². The van der Waals surface area contributed by atoms with Gasteiger partial charge in [0.25, 0.3) is 0 Å². The van der Waals surface area contributed by atoms with Crippen molar-refractivity contribution in [3.8, 4) is 17.2 Å². The first-order valence-corrected chi connectivity index (χ1v) is 13.9. The highest BCUT2D eigenvalue weighted by Crippen LogP contribution is 2.43. The number of ether oxygens (including phenoxy) is 3. The third-order valence-electron chi connectivity index (χ3n) is 7.83. The number of hydrogen-bond donors (Lipinski definition) is 0. The van der Waals surface area contributed by atoms with Crippen molar-refractivity contribution < 1.29 is 27.8 Å². The van der Waals surface area contributed by atoms with E-state index < -0.39 is 23.3 Å². The summed E-state index contributed by atoms with van der Waals surface area (Å²) in [4.78, 5) is 12.1. The quantitative estimate of drug-likeness (QED) is 0.204. The van der Waals surface area contributed by atoms with E-state index in [0.717, 1.165) is 38.2 Å². The topological polar surface area (TPSA) is 62.6 Å². The molecule has 0 spiro atoms. The molecule has 3 aromatic carbocycles. The summed E-state index contributed by atoms with van der Waals surface area (Å²) in [6.07, 6.45) is 5.87. The lowest BCUT2D eigenvalue weighted by molar-refractivity contribution is -0.151. The van der Waals surface area contributed by atoms with Crippen LogP contribution in [0.15, 0.2) is 60.7 Å². The van der Waals surface area contributed by atoms with E-state index in [4.69, 9.17) is 25.8 Å². The Kier molecular flexibility index (Phi) is 7.13. The zero-order valence-electron chi connectivity index (χ0n) is 22.0. The second-order valence-corrected chi connectivity index (χ2v) is 11.0. The van der Waals surface area contributed by atoms with Gasteiger partial charge < -0.3 is 14.2 Å². The van der Waals surface area contributed by atoms with Crippen molar-refractivity contribution in [1.29, 1.82) is 0 Å². The van der Waals surface area contributed by atoms with E-state index in [-0.39, 0.29) is 11.9 Å². The van der Waals surface area contributed by atoms with Crippen LogP contribution in [0, 0.1) is 17.6 Å². The summed E-state index contributed by atoms with van der Waals surface area (Å²) in [6.45, 7) is 0. The molecule has 4 aromatic rings. The Morgan fingerprint density at radius 3 is 2.27 bits per heavy atom. The largest absolute Gasteiger partial charge is 0.484 e. The number of nitrogens with zero attached hydrogens (tertiary/aromatic N) is 2. The van der Waals surface area contributed by atoms with Gasteiger partial charge in [-0.2, -0.15) is 5.10 Å². The number of carbonyl (C=O) groups is 1. The molecule has 0 aliphatic heterocycles. The molecule has 6 nitrogen and oxygen atoms in total. The molecule has 0 N–H and O–H groups in total. The van der Waals surface area contributed by atoms with Crippen molar-refractivity contribution in [2.75, 3.05) is 7.11 Å². The van der Waals surface area contributed by atoms with E-state index in [0.29, 0.717) is 51.6 Å². The van der Waals surface area contributed by atoms with Gasteiger partial charge >= 0.3 is 5.97 Å². The number of hydrogen-bond acceptors (Lipinski definition) is 5. The van der Waals surface area contributed by atoms with Crippen molar-refractivity contribution >= 4 is 28.5 Å². The summed E-state index contributed by atoms with van der Waals surface area (Å²) in [7, 11) is 1.35. The maximum absolute atomic E-state index is 14.6. The summed E-state index contributed by atoms with van der Waals surface area (Å²) < 4.78 is 48.1. The molecule has 40 heavy (non-hydrogen) atoms. The Hall–Kier alpha value is -3.65. The van der Waals surface area contributed by atoms with Gasteiger partial charge in [0.05, 0.1) is 24.0 Å². The SMILES string of the molecule is COC(=O)C1(Oc2ccc(OC(c3c4cc(F)c(F)cc4nn3-c3ccc(Cl)cc3)C3CCCCC3)cc2)CC1. The standard InChI is InChI=1S/C31H29ClF2N2O4/c1-38-30(37)31(15-16-31)40-23-13-11-22(12-14-23)39-29(19-5-3-2-4-6-19)28-24-17-25(33)26(34)18-27(24)35-36(28)21-9-7-20(32)8-10-21/h7-14,17-19,29H,2-6,15-16H2,1H3. The summed E-state index contributed by atoms with van der Waals surface area (Å²) in [5.74, 6) is -1.00. The molecular formula is C31H29ClF2N2O4. The Morgan fingerprint density at radius 1 is 0.975 bits per heavy atom. The maximum atomic E-state index is 14.6. The van der Waals surface area contributed by atoms with Crippen molar-refractivity contribution in [2.24, 2.45) is 5.92 Å². The lowest BCUT2D eigenvalue weighted by Gasteiger charge is -2.31. The van der Waals surface area contributed by atoms with Crippen molar-refractivity contribution in [3.05, 3.63) is 83.0 Å². The fourth-order valence-electron chi connectivity index (χ4n) is 5.57. The predicted octanol–water partition coefficient (Wildman–Crippen LogP) is 7.74. The van der Waals surface area contributed by atoms with Gasteiger partial charge in [-0.1, -0.05) is 30.9 Å². The van der Waals surface area contributed by atoms with E-state index in [1.165, 1.54) is 13.2 Å². The number of carbonyl (C=O) groups excluding carboxylic acids is 1. The molecular weight excluding hydrogens is 538 g/mol. The first-order chi connectivity index (χ1) is 19.4. The minimum absolute atomic E-state index is 0.137. The average Bonchev–Trinajstić information content (AvgIpc) is 3.67. The number of benzene rings is 3. The zero-order chi connectivity index (χ0) is 27.9. The first-order valence-electron chi connectivity index (χ1n) is 13.5. The minimum atomic E-state index is -0.953. The monoisotopic (exact) mass is 566 g/mol. The molecule has 2 fully saturated rings. The van der Waals surface area contributed by atoms with Crippen LogP contribution in [0.25, 0.3) is 16.6 Å². The highest BCUT2D eigenvalue weighted by atomic mass is 35.5. The smallest absolute Gasteiger partial charge is 0.350 e. The fourth-order valence-corrected chi connectivity index (χ4v) is 5.70.